The van der Waals surface area contributed by atoms with Gasteiger partial charge in [-0.05, 0) is 48.0 Å². The lowest BCUT2D eigenvalue weighted by Gasteiger charge is -2.36. The van der Waals surface area contributed by atoms with Gasteiger partial charge in [-0.3, -0.25) is 23.9 Å². The summed E-state index contributed by atoms with van der Waals surface area (Å²) in [5.41, 5.74) is 10.2. The Morgan fingerprint density at radius 2 is 1.16 bits per heavy atom. The Balaban J connectivity index is 0.650. The lowest BCUT2D eigenvalue weighted by molar-refractivity contribution is -0.140. The number of carbonyl (C=O) groups is 2. The molecule has 2 amide bonds. The minimum absolute atomic E-state index is 0.0911. The van der Waals surface area contributed by atoms with Gasteiger partial charge in [0.25, 0.3) is 11.8 Å². The van der Waals surface area contributed by atoms with Crippen LogP contribution in [-0.2, 0) is 18.4 Å². The van der Waals surface area contributed by atoms with Crippen LogP contribution in [0.25, 0.3) is 67.1 Å². The quantitative estimate of drug-likeness (QED) is 0.174. The number of nitrogens with zero attached hydrogens (tertiary/aromatic N) is 20. The number of fused-ring (bicyclic) bond motifs is 3. The number of anilines is 2. The SMILES string of the molecule is Cn1cc(-c2cn3ncc(C#N)c3c(-c3ccc(N4CCN(C(=O)c5ccc6nc(Cn7cc(-c8cn9ncc(C#N)c9c(-c9ccc(N%10CCN(C(=O)[C@H](O)c%11ccccc%11)CC%10)nc9)n8)cn7)cnc6c5)CC4)nc3)n2)cn1. The summed E-state index contributed by atoms with van der Waals surface area (Å²) in [5.74, 6) is 1.09. The van der Waals surface area contributed by atoms with E-state index < -0.39 is 6.10 Å². The zero-order valence-electron chi connectivity index (χ0n) is 42.9. The summed E-state index contributed by atoms with van der Waals surface area (Å²) in [7, 11) is 1.84. The van der Waals surface area contributed by atoms with Crippen molar-refractivity contribution in [2.75, 3.05) is 62.2 Å². The van der Waals surface area contributed by atoms with Crippen LogP contribution in [0.15, 0.2) is 141 Å². The predicted octanol–water partition coefficient (Wildman–Crippen LogP) is 5.24. The van der Waals surface area contributed by atoms with E-state index in [9.17, 15) is 25.2 Å². The molecule has 0 bridgehead atoms. The zero-order valence-corrected chi connectivity index (χ0v) is 42.9. The fraction of sp³-hybridized carbons (Fsp3) is 0.193. The summed E-state index contributed by atoms with van der Waals surface area (Å²) < 4.78 is 6.76. The van der Waals surface area contributed by atoms with Crippen LogP contribution in [0.4, 0.5) is 11.6 Å². The van der Waals surface area contributed by atoms with E-state index >= 15 is 0 Å². The number of aryl methyl sites for hydroxylation is 1. The molecule has 1 atom stereocenters. The summed E-state index contributed by atoms with van der Waals surface area (Å²) in [6.07, 6.45) is 17.7. The van der Waals surface area contributed by atoms with Crippen LogP contribution >= 0.6 is 0 Å². The lowest BCUT2D eigenvalue weighted by atomic mass is 10.1. The second-order valence-electron chi connectivity index (χ2n) is 19.5. The van der Waals surface area contributed by atoms with Gasteiger partial charge in [-0.15, -0.1) is 0 Å². The van der Waals surface area contributed by atoms with Crippen LogP contribution in [0.2, 0.25) is 0 Å². The largest absolute Gasteiger partial charge is 0.378 e. The van der Waals surface area contributed by atoms with Crippen LogP contribution < -0.4 is 9.80 Å². The molecule has 1 N–H and O–H groups in total. The fourth-order valence-electron chi connectivity index (χ4n) is 10.3. The van der Waals surface area contributed by atoms with Gasteiger partial charge in [-0.25, -0.2) is 34.0 Å². The van der Waals surface area contributed by atoms with E-state index in [1.54, 1.807) is 103 Å². The number of nitriles is 2. The Morgan fingerprint density at radius 1 is 0.575 bits per heavy atom. The van der Waals surface area contributed by atoms with Crippen molar-refractivity contribution in [2.24, 2.45) is 7.05 Å². The molecule has 11 aromatic rings. The number of rotatable bonds is 11. The number of aromatic nitrogens is 14. The normalized spacial score (nSPS) is 14.2. The van der Waals surface area contributed by atoms with Gasteiger partial charge in [-0.1, -0.05) is 30.3 Å². The number of hydrogen-bond donors (Lipinski definition) is 1. The minimum atomic E-state index is -1.21. The maximum atomic E-state index is 13.9. The third kappa shape index (κ3) is 9.18. The van der Waals surface area contributed by atoms with Crippen LogP contribution in [0.3, 0.4) is 0 Å². The molecule has 392 valence electrons. The molecule has 2 aliphatic heterocycles. The molecular formula is C57H46N20O3. The van der Waals surface area contributed by atoms with Crippen LogP contribution in [0.5, 0.6) is 0 Å². The molecular weight excluding hydrogens is 1010 g/mol. The Labute approximate surface area is 455 Å². The van der Waals surface area contributed by atoms with Crippen molar-refractivity contribution in [3.63, 3.8) is 0 Å². The highest BCUT2D eigenvalue weighted by Crippen LogP contribution is 2.32. The van der Waals surface area contributed by atoms with Crippen LogP contribution in [0.1, 0.15) is 38.8 Å². The van der Waals surface area contributed by atoms with E-state index in [1.165, 1.54) is 12.4 Å². The van der Waals surface area contributed by atoms with Gasteiger partial charge in [0.15, 0.2) is 6.10 Å². The molecule has 80 heavy (non-hydrogen) atoms. The zero-order chi connectivity index (χ0) is 54.4. The molecule has 2 saturated heterocycles. The van der Waals surface area contributed by atoms with E-state index in [0.717, 1.165) is 22.8 Å². The molecule has 11 heterocycles. The Hall–Kier alpha value is -10.8. The highest BCUT2D eigenvalue weighted by molar-refractivity contribution is 5.97. The van der Waals surface area contributed by atoms with Crippen molar-refractivity contribution in [1.29, 1.82) is 10.5 Å². The molecule has 0 saturated carbocycles. The van der Waals surface area contributed by atoms with Crippen molar-refractivity contribution in [1.82, 2.24) is 78.5 Å². The summed E-state index contributed by atoms with van der Waals surface area (Å²) in [5, 5.41) is 48.4. The Kier molecular flexibility index (Phi) is 12.4. The smallest absolute Gasteiger partial charge is 0.256 e. The minimum Gasteiger partial charge on any atom is -0.378 e. The molecule has 0 aliphatic carbocycles. The van der Waals surface area contributed by atoms with Crippen molar-refractivity contribution in [3.8, 4) is 57.2 Å². The number of hydrogen-bond acceptors (Lipinski definition) is 17. The number of piperazine rings is 2. The first-order valence-corrected chi connectivity index (χ1v) is 25.7. The third-order valence-corrected chi connectivity index (χ3v) is 14.5. The molecule has 9 aromatic heterocycles. The lowest BCUT2D eigenvalue weighted by Crippen LogP contribution is -2.50. The maximum Gasteiger partial charge on any atom is 0.256 e. The summed E-state index contributed by atoms with van der Waals surface area (Å²) in [6.45, 7) is 4.46. The number of amides is 2. The average molecular weight is 1060 g/mol. The van der Waals surface area contributed by atoms with Gasteiger partial charge in [0.05, 0.1) is 89.4 Å². The van der Waals surface area contributed by atoms with Gasteiger partial charge in [-0.2, -0.15) is 30.9 Å². The third-order valence-electron chi connectivity index (χ3n) is 14.5. The molecule has 2 aromatic carbocycles. The first-order valence-electron chi connectivity index (χ1n) is 25.7. The van der Waals surface area contributed by atoms with Gasteiger partial charge in [0, 0.05) is 112 Å². The summed E-state index contributed by atoms with van der Waals surface area (Å²) in [4.78, 5) is 63.8. The molecule has 2 fully saturated rings. The van der Waals surface area contributed by atoms with E-state index in [4.69, 9.17) is 29.9 Å². The molecule has 0 unspecified atom stereocenters. The second kappa shape index (κ2) is 20.3. The number of pyridine rings is 2. The summed E-state index contributed by atoms with van der Waals surface area (Å²) >= 11 is 0. The number of aliphatic hydroxyl groups is 1. The first kappa shape index (κ1) is 48.8. The maximum absolute atomic E-state index is 13.9. The van der Waals surface area contributed by atoms with Crippen molar-refractivity contribution < 1.29 is 14.7 Å². The number of aliphatic hydroxyl groups excluding tert-OH is 1. The highest BCUT2D eigenvalue weighted by Gasteiger charge is 2.29. The predicted molar refractivity (Wildman–Crippen MR) is 292 cm³/mol. The highest BCUT2D eigenvalue weighted by atomic mass is 16.3. The van der Waals surface area contributed by atoms with Gasteiger partial charge in [0.2, 0.25) is 0 Å². The van der Waals surface area contributed by atoms with E-state index in [1.807, 2.05) is 60.7 Å². The molecule has 2 aliphatic rings. The molecule has 23 nitrogen and oxygen atoms in total. The van der Waals surface area contributed by atoms with Crippen molar-refractivity contribution in [2.45, 2.75) is 12.6 Å². The Bertz CT molecular complexity index is 4250. The molecule has 13 rings (SSSR count). The van der Waals surface area contributed by atoms with Gasteiger partial charge >= 0.3 is 0 Å². The molecule has 23 heteroatoms. The van der Waals surface area contributed by atoms with Crippen LogP contribution in [-0.4, -0.2) is 148 Å². The summed E-state index contributed by atoms with van der Waals surface area (Å²) in [6, 6.07) is 26.5. The fourth-order valence-corrected chi connectivity index (χ4v) is 10.3. The molecule has 0 spiro atoms. The standard InChI is InChI=1S/C57H46N20O3/c1-70-31-42(28-63-70)47-34-76-53(40(22-58)26-65-76)51(68-47)38-8-11-49(61-24-38)71-13-17-73(18-14-71)56(79)37-7-10-45-46(21-37)60-30-44(67-45)33-75-32-43(29-64-75)48-35-77-54(41(23-59)27-66-77)52(69-48)39-9-12-50(62-25-39)72-15-19-74(20-16-72)57(80)55(78)36-5-3-2-4-6-36/h2-12,21,24-32,34-35,55,78H,13-20,33H2,1H3/t55-/m1/s1. The van der Waals surface area contributed by atoms with Crippen molar-refractivity contribution in [3.05, 3.63) is 169 Å². The average Bonchev–Trinajstić information content (AvgIpc) is 4.41. The number of carbonyl (C=O) groups excluding carboxylic acids is 2. The van der Waals surface area contributed by atoms with Crippen molar-refractivity contribution >= 4 is 45.5 Å². The second-order valence-corrected chi connectivity index (χ2v) is 19.5. The van der Waals surface area contributed by atoms with E-state index in [-0.39, 0.29) is 11.8 Å². The van der Waals surface area contributed by atoms with Gasteiger partial charge < -0.3 is 24.7 Å². The number of benzene rings is 2. The molecule has 0 radical (unpaired) electrons. The monoisotopic (exact) mass is 1060 g/mol. The Morgan fingerprint density at radius 3 is 1.73 bits per heavy atom. The van der Waals surface area contributed by atoms with E-state index in [2.05, 4.69) is 42.3 Å². The van der Waals surface area contributed by atoms with Gasteiger partial charge in [0.1, 0.15) is 45.9 Å². The first-order chi connectivity index (χ1) is 39.1. The van der Waals surface area contributed by atoms with Crippen LogP contribution in [0, 0.1) is 22.7 Å². The van der Waals surface area contributed by atoms with E-state index in [0.29, 0.717) is 143 Å². The topological polar surface area (TPSA) is 262 Å².